The number of rotatable bonds is 4. The Morgan fingerprint density at radius 3 is 2.56 bits per heavy atom. The Labute approximate surface area is 155 Å². The van der Waals surface area contributed by atoms with Crippen molar-refractivity contribution in [2.75, 3.05) is 7.05 Å². The van der Waals surface area contributed by atoms with E-state index in [2.05, 4.69) is 15.6 Å². The fourth-order valence-electron chi connectivity index (χ4n) is 3.05. The molecule has 2 aromatic carbocycles. The van der Waals surface area contributed by atoms with Crippen LogP contribution in [0.15, 0.2) is 48.5 Å². The lowest BCUT2D eigenvalue weighted by Crippen LogP contribution is -2.25. The van der Waals surface area contributed by atoms with Crippen molar-refractivity contribution in [2.45, 2.75) is 18.9 Å². The number of benzene rings is 2. The van der Waals surface area contributed by atoms with Crippen molar-refractivity contribution >= 4 is 22.7 Å². The van der Waals surface area contributed by atoms with Crippen LogP contribution < -0.4 is 10.6 Å². The van der Waals surface area contributed by atoms with Gasteiger partial charge in [-0.05, 0) is 43.2 Å². The Kier molecular flexibility index (Phi) is 4.32. The van der Waals surface area contributed by atoms with Gasteiger partial charge in [-0.2, -0.15) is 0 Å². The second kappa shape index (κ2) is 6.79. The maximum atomic E-state index is 13.9. The van der Waals surface area contributed by atoms with Crippen molar-refractivity contribution in [3.63, 3.8) is 0 Å². The van der Waals surface area contributed by atoms with Crippen LogP contribution >= 0.6 is 0 Å². The monoisotopic (exact) mass is 363 g/mol. The summed E-state index contributed by atoms with van der Waals surface area (Å²) in [7, 11) is 1.51. The SMILES string of the molecule is CNC(=O)c1ccc(F)cc1-c1cc(C(=O)NC2CC2)c2ccccc2n1. The molecule has 2 N–H and O–H groups in total. The average molecular weight is 363 g/mol. The molecule has 1 heterocycles. The molecule has 6 heteroatoms. The first-order chi connectivity index (χ1) is 13.1. The van der Waals surface area contributed by atoms with Gasteiger partial charge in [-0.15, -0.1) is 0 Å². The van der Waals surface area contributed by atoms with E-state index >= 15 is 0 Å². The highest BCUT2D eigenvalue weighted by Crippen LogP contribution is 2.29. The zero-order chi connectivity index (χ0) is 19.0. The summed E-state index contributed by atoms with van der Waals surface area (Å²) >= 11 is 0. The number of halogens is 1. The second-order valence-corrected chi connectivity index (χ2v) is 6.59. The van der Waals surface area contributed by atoms with Crippen LogP contribution in [0.4, 0.5) is 4.39 Å². The number of pyridine rings is 1. The highest BCUT2D eigenvalue weighted by atomic mass is 19.1. The number of nitrogens with zero attached hydrogens (tertiary/aromatic N) is 1. The van der Waals surface area contributed by atoms with Crippen molar-refractivity contribution in [2.24, 2.45) is 0 Å². The predicted octanol–water partition coefficient (Wildman–Crippen LogP) is 3.29. The predicted molar refractivity (Wildman–Crippen MR) is 101 cm³/mol. The number of aromatic nitrogens is 1. The van der Waals surface area contributed by atoms with Gasteiger partial charge in [0.05, 0.1) is 16.8 Å². The quantitative estimate of drug-likeness (QED) is 0.747. The lowest BCUT2D eigenvalue weighted by atomic mass is 9.99. The van der Waals surface area contributed by atoms with E-state index in [9.17, 15) is 14.0 Å². The Morgan fingerprint density at radius 1 is 1.04 bits per heavy atom. The third-order valence-corrected chi connectivity index (χ3v) is 4.60. The summed E-state index contributed by atoms with van der Waals surface area (Å²) in [5.41, 5.74) is 2.11. The van der Waals surface area contributed by atoms with E-state index in [0.29, 0.717) is 27.9 Å². The Hall–Kier alpha value is -3.28. The molecule has 1 saturated carbocycles. The molecule has 3 aromatic rings. The zero-order valence-corrected chi connectivity index (χ0v) is 14.8. The van der Waals surface area contributed by atoms with E-state index in [-0.39, 0.29) is 17.9 Å². The van der Waals surface area contributed by atoms with Gasteiger partial charge in [-0.1, -0.05) is 18.2 Å². The summed E-state index contributed by atoms with van der Waals surface area (Å²) in [6, 6.07) is 13.1. The number of carbonyl (C=O) groups excluding carboxylic acids is 2. The van der Waals surface area contributed by atoms with E-state index < -0.39 is 5.82 Å². The number of nitrogens with one attached hydrogen (secondary N) is 2. The van der Waals surface area contributed by atoms with Crippen molar-refractivity contribution in [1.29, 1.82) is 0 Å². The molecule has 0 atom stereocenters. The molecule has 2 amide bonds. The standard InChI is InChI=1S/C21H18FN3O2/c1-23-20(26)15-9-6-12(22)10-16(15)19-11-17(21(27)24-13-7-8-13)14-4-2-3-5-18(14)25-19/h2-6,9-11,13H,7-8H2,1H3,(H,23,26)(H,24,27). The van der Waals surface area contributed by atoms with Gasteiger partial charge in [-0.25, -0.2) is 9.37 Å². The third kappa shape index (κ3) is 3.38. The molecular weight excluding hydrogens is 345 g/mol. The molecule has 0 unspecified atom stereocenters. The maximum Gasteiger partial charge on any atom is 0.252 e. The van der Waals surface area contributed by atoms with Gasteiger partial charge >= 0.3 is 0 Å². The summed E-state index contributed by atoms with van der Waals surface area (Å²) < 4.78 is 13.9. The summed E-state index contributed by atoms with van der Waals surface area (Å²) in [6.07, 6.45) is 1.96. The van der Waals surface area contributed by atoms with Crippen LogP contribution in [-0.2, 0) is 0 Å². The number of hydrogen-bond acceptors (Lipinski definition) is 3. The number of hydrogen-bond donors (Lipinski definition) is 2. The molecule has 1 aliphatic carbocycles. The summed E-state index contributed by atoms with van der Waals surface area (Å²) in [4.78, 5) is 29.5. The van der Waals surface area contributed by atoms with Gasteiger partial charge in [0.1, 0.15) is 5.82 Å². The molecule has 4 rings (SSSR count). The van der Waals surface area contributed by atoms with Crippen LogP contribution in [0.25, 0.3) is 22.2 Å². The van der Waals surface area contributed by atoms with E-state index in [0.717, 1.165) is 18.2 Å². The smallest absolute Gasteiger partial charge is 0.252 e. The minimum Gasteiger partial charge on any atom is -0.355 e. The third-order valence-electron chi connectivity index (χ3n) is 4.60. The van der Waals surface area contributed by atoms with E-state index in [4.69, 9.17) is 0 Å². The minimum atomic E-state index is -0.475. The Balaban J connectivity index is 1.91. The van der Waals surface area contributed by atoms with Crippen molar-refractivity contribution in [3.05, 3.63) is 65.5 Å². The number of carbonyl (C=O) groups is 2. The maximum absolute atomic E-state index is 13.9. The van der Waals surface area contributed by atoms with Crippen LogP contribution in [-0.4, -0.2) is 29.9 Å². The van der Waals surface area contributed by atoms with Crippen LogP contribution in [0.1, 0.15) is 33.6 Å². The van der Waals surface area contributed by atoms with Gasteiger partial charge < -0.3 is 10.6 Å². The van der Waals surface area contributed by atoms with Gasteiger partial charge in [0.15, 0.2) is 0 Å². The summed E-state index contributed by atoms with van der Waals surface area (Å²) in [6.45, 7) is 0. The van der Waals surface area contributed by atoms with Crippen molar-refractivity contribution in [3.8, 4) is 11.3 Å². The van der Waals surface area contributed by atoms with Crippen molar-refractivity contribution in [1.82, 2.24) is 15.6 Å². The van der Waals surface area contributed by atoms with Crippen LogP contribution in [0.5, 0.6) is 0 Å². The molecule has 1 aliphatic rings. The van der Waals surface area contributed by atoms with E-state index in [1.807, 2.05) is 18.2 Å². The van der Waals surface area contributed by atoms with E-state index in [1.165, 1.54) is 25.2 Å². The van der Waals surface area contributed by atoms with E-state index in [1.54, 1.807) is 12.1 Å². The highest BCUT2D eigenvalue weighted by molar-refractivity contribution is 6.08. The number of para-hydroxylation sites is 1. The molecule has 0 spiro atoms. The molecule has 5 nitrogen and oxygen atoms in total. The first-order valence-corrected chi connectivity index (χ1v) is 8.79. The molecule has 0 radical (unpaired) electrons. The van der Waals surface area contributed by atoms with Gasteiger partial charge in [0.25, 0.3) is 11.8 Å². The minimum absolute atomic E-state index is 0.185. The first kappa shape index (κ1) is 17.1. The number of amides is 2. The molecule has 1 aromatic heterocycles. The van der Waals surface area contributed by atoms with Crippen LogP contribution in [0.2, 0.25) is 0 Å². The summed E-state index contributed by atoms with van der Waals surface area (Å²) in [5.74, 6) is -1.00. The topological polar surface area (TPSA) is 71.1 Å². The molecule has 0 bridgehead atoms. The van der Waals surface area contributed by atoms with Crippen LogP contribution in [0.3, 0.4) is 0 Å². The molecular formula is C21H18FN3O2. The normalized spacial score (nSPS) is 13.4. The molecule has 0 saturated heterocycles. The highest BCUT2D eigenvalue weighted by Gasteiger charge is 2.25. The number of fused-ring (bicyclic) bond motifs is 1. The average Bonchev–Trinajstić information content (AvgIpc) is 3.50. The Morgan fingerprint density at radius 2 is 1.81 bits per heavy atom. The first-order valence-electron chi connectivity index (χ1n) is 8.79. The van der Waals surface area contributed by atoms with Crippen LogP contribution in [0, 0.1) is 5.82 Å². The van der Waals surface area contributed by atoms with Gasteiger partial charge in [0.2, 0.25) is 0 Å². The van der Waals surface area contributed by atoms with Gasteiger partial charge in [0, 0.05) is 29.6 Å². The Bertz CT molecular complexity index is 1060. The molecule has 27 heavy (non-hydrogen) atoms. The molecule has 1 fully saturated rings. The largest absolute Gasteiger partial charge is 0.355 e. The van der Waals surface area contributed by atoms with Crippen molar-refractivity contribution < 1.29 is 14.0 Å². The molecule has 0 aliphatic heterocycles. The second-order valence-electron chi connectivity index (χ2n) is 6.59. The lowest BCUT2D eigenvalue weighted by Gasteiger charge is -2.12. The fraction of sp³-hybridized carbons (Fsp3) is 0.190. The lowest BCUT2D eigenvalue weighted by molar-refractivity contribution is 0.0948. The molecule has 136 valence electrons. The summed E-state index contributed by atoms with van der Waals surface area (Å²) in [5, 5.41) is 6.25. The van der Waals surface area contributed by atoms with Gasteiger partial charge in [-0.3, -0.25) is 9.59 Å². The fourth-order valence-corrected chi connectivity index (χ4v) is 3.05. The zero-order valence-electron chi connectivity index (χ0n) is 14.8.